The zero-order valence-corrected chi connectivity index (χ0v) is 8.40. The molecule has 1 rings (SSSR count). The van der Waals surface area contributed by atoms with E-state index in [-0.39, 0.29) is 0 Å². The second-order valence-corrected chi connectivity index (χ2v) is 3.20. The van der Waals surface area contributed by atoms with Crippen LogP contribution in [0.15, 0.2) is 24.3 Å². The van der Waals surface area contributed by atoms with Crippen LogP contribution in [0, 0.1) is 11.3 Å². The molecule has 1 amide bonds. The minimum absolute atomic E-state index is 0.318. The van der Waals surface area contributed by atoms with Crippen LogP contribution < -0.4 is 0 Å². The molecule has 0 heterocycles. The predicted octanol–water partition coefficient (Wildman–Crippen LogP) is 1.49. The molecule has 0 saturated heterocycles. The molecule has 1 aromatic carbocycles. The van der Waals surface area contributed by atoms with Gasteiger partial charge in [0.2, 0.25) is 0 Å². The number of hydrogen-bond acceptors (Lipinski definition) is 2. The second-order valence-electron chi connectivity index (χ2n) is 3.20. The maximum atomic E-state index is 12.0. The molecule has 0 N–H and O–H groups in total. The fourth-order valence-corrected chi connectivity index (χ4v) is 1.20. The third-order valence-electron chi connectivity index (χ3n) is 2.02. The van der Waals surface area contributed by atoms with Crippen LogP contribution in [0.3, 0.4) is 0 Å². The average molecular weight is 206 g/mol. The van der Waals surface area contributed by atoms with Crippen LogP contribution in [0.2, 0.25) is 0 Å². The molecule has 0 aliphatic heterocycles. The molecule has 0 aliphatic rings. The molecule has 0 saturated carbocycles. The fourth-order valence-electron chi connectivity index (χ4n) is 1.20. The topological polar surface area (TPSA) is 44.1 Å². The lowest BCUT2D eigenvalue weighted by Gasteiger charge is -2.15. The Morgan fingerprint density at radius 3 is 2.93 bits per heavy atom. The summed E-state index contributed by atoms with van der Waals surface area (Å²) in [5.74, 6) is -0.558. The van der Waals surface area contributed by atoms with Gasteiger partial charge in [0, 0.05) is 13.6 Å². The summed E-state index contributed by atoms with van der Waals surface area (Å²) in [5.41, 5.74) is 1.35. The van der Waals surface area contributed by atoms with Crippen molar-refractivity contribution in [2.45, 2.75) is 6.54 Å². The standard InChI is InChI=1S/C11H11FN2O/c1-14(11(15)6-12)8-10-4-2-3-9(5-10)7-13/h2-5H,6,8H2,1H3. The smallest absolute Gasteiger partial charge is 0.254 e. The molecule has 0 atom stereocenters. The van der Waals surface area contributed by atoms with E-state index in [9.17, 15) is 9.18 Å². The molecule has 4 heteroatoms. The van der Waals surface area contributed by atoms with E-state index < -0.39 is 12.6 Å². The molecule has 3 nitrogen and oxygen atoms in total. The normalized spacial score (nSPS) is 9.40. The van der Waals surface area contributed by atoms with Crippen LogP contribution in [-0.4, -0.2) is 24.5 Å². The zero-order valence-electron chi connectivity index (χ0n) is 8.40. The number of halogens is 1. The Morgan fingerprint density at radius 1 is 1.60 bits per heavy atom. The Morgan fingerprint density at radius 2 is 2.33 bits per heavy atom. The molecule has 0 radical (unpaired) electrons. The first kappa shape index (κ1) is 11.2. The monoisotopic (exact) mass is 206 g/mol. The van der Waals surface area contributed by atoms with Crippen molar-refractivity contribution in [3.05, 3.63) is 35.4 Å². The van der Waals surface area contributed by atoms with Gasteiger partial charge < -0.3 is 4.90 Å². The average Bonchev–Trinajstić information content (AvgIpc) is 2.28. The number of nitrogens with zero attached hydrogens (tertiary/aromatic N) is 2. The van der Waals surface area contributed by atoms with Crippen molar-refractivity contribution < 1.29 is 9.18 Å². The molecule has 0 aliphatic carbocycles. The summed E-state index contributed by atoms with van der Waals surface area (Å²) in [7, 11) is 1.53. The predicted molar refractivity (Wildman–Crippen MR) is 53.6 cm³/mol. The Balaban J connectivity index is 2.73. The summed E-state index contributed by atoms with van der Waals surface area (Å²) in [6.45, 7) is -0.674. The lowest BCUT2D eigenvalue weighted by molar-refractivity contribution is -0.131. The first-order chi connectivity index (χ1) is 7.17. The third kappa shape index (κ3) is 3.06. The number of hydrogen-bond donors (Lipinski definition) is 0. The molecule has 0 fully saturated rings. The van der Waals surface area contributed by atoms with E-state index >= 15 is 0 Å². The van der Waals surface area contributed by atoms with Crippen molar-refractivity contribution in [2.75, 3.05) is 13.7 Å². The minimum atomic E-state index is -0.992. The van der Waals surface area contributed by atoms with Crippen LogP contribution in [0.1, 0.15) is 11.1 Å². The molecular formula is C11H11FN2O. The molecule has 78 valence electrons. The molecule has 0 bridgehead atoms. The van der Waals surface area contributed by atoms with E-state index in [1.807, 2.05) is 6.07 Å². The summed E-state index contributed by atoms with van der Waals surface area (Å²) in [5, 5.41) is 8.66. The van der Waals surface area contributed by atoms with Crippen molar-refractivity contribution in [2.24, 2.45) is 0 Å². The summed E-state index contributed by atoms with van der Waals surface area (Å²) >= 11 is 0. The van der Waals surface area contributed by atoms with Gasteiger partial charge in [-0.25, -0.2) is 4.39 Å². The molecule has 15 heavy (non-hydrogen) atoms. The fraction of sp³-hybridized carbons (Fsp3) is 0.273. The highest BCUT2D eigenvalue weighted by atomic mass is 19.1. The summed E-state index contributed by atoms with van der Waals surface area (Å²) in [6.07, 6.45) is 0. The number of rotatable bonds is 3. The van der Waals surface area contributed by atoms with Gasteiger partial charge in [-0.1, -0.05) is 12.1 Å². The molecule has 0 spiro atoms. The molecular weight excluding hydrogens is 195 g/mol. The van der Waals surface area contributed by atoms with Gasteiger partial charge in [-0.15, -0.1) is 0 Å². The third-order valence-corrected chi connectivity index (χ3v) is 2.02. The van der Waals surface area contributed by atoms with Gasteiger partial charge >= 0.3 is 0 Å². The van der Waals surface area contributed by atoms with Crippen LogP contribution in [0.25, 0.3) is 0 Å². The van der Waals surface area contributed by atoms with Crippen LogP contribution in [0.4, 0.5) is 4.39 Å². The summed E-state index contributed by atoms with van der Waals surface area (Å²) in [6, 6.07) is 8.90. The van der Waals surface area contributed by atoms with Crippen LogP contribution in [0.5, 0.6) is 0 Å². The van der Waals surface area contributed by atoms with Crippen molar-refractivity contribution in [1.82, 2.24) is 4.90 Å². The maximum Gasteiger partial charge on any atom is 0.254 e. The largest absolute Gasteiger partial charge is 0.339 e. The number of nitriles is 1. The quantitative estimate of drug-likeness (QED) is 0.752. The van der Waals surface area contributed by atoms with Gasteiger partial charge in [-0.3, -0.25) is 4.79 Å². The highest BCUT2D eigenvalue weighted by Gasteiger charge is 2.08. The van der Waals surface area contributed by atoms with E-state index in [2.05, 4.69) is 0 Å². The Kier molecular flexibility index (Phi) is 3.81. The Bertz CT molecular complexity index is 398. The lowest BCUT2D eigenvalue weighted by atomic mass is 10.1. The van der Waals surface area contributed by atoms with Crippen molar-refractivity contribution in [1.29, 1.82) is 5.26 Å². The van der Waals surface area contributed by atoms with Gasteiger partial charge in [0.05, 0.1) is 11.6 Å². The van der Waals surface area contributed by atoms with Crippen LogP contribution in [-0.2, 0) is 11.3 Å². The van der Waals surface area contributed by atoms with Crippen molar-refractivity contribution in [3.63, 3.8) is 0 Å². The highest BCUT2D eigenvalue weighted by molar-refractivity contribution is 5.76. The van der Waals surface area contributed by atoms with E-state index in [4.69, 9.17) is 5.26 Å². The Hall–Kier alpha value is -1.89. The zero-order chi connectivity index (χ0) is 11.3. The number of benzene rings is 1. The van der Waals surface area contributed by atoms with E-state index in [1.165, 1.54) is 11.9 Å². The number of amides is 1. The van der Waals surface area contributed by atoms with Gasteiger partial charge in [-0.2, -0.15) is 5.26 Å². The molecule has 0 unspecified atom stereocenters. The van der Waals surface area contributed by atoms with E-state index in [0.717, 1.165) is 5.56 Å². The second kappa shape index (κ2) is 5.11. The lowest BCUT2D eigenvalue weighted by Crippen LogP contribution is -2.27. The van der Waals surface area contributed by atoms with Gasteiger partial charge in [0.1, 0.15) is 0 Å². The first-order valence-electron chi connectivity index (χ1n) is 4.46. The van der Waals surface area contributed by atoms with Crippen molar-refractivity contribution >= 4 is 5.91 Å². The van der Waals surface area contributed by atoms with E-state index in [0.29, 0.717) is 12.1 Å². The first-order valence-corrected chi connectivity index (χ1v) is 4.46. The van der Waals surface area contributed by atoms with Crippen molar-refractivity contribution in [3.8, 4) is 6.07 Å². The van der Waals surface area contributed by atoms with Gasteiger partial charge in [-0.05, 0) is 17.7 Å². The van der Waals surface area contributed by atoms with E-state index in [1.54, 1.807) is 24.3 Å². The van der Waals surface area contributed by atoms with Gasteiger partial charge in [0.25, 0.3) is 5.91 Å². The number of carbonyl (C=O) groups excluding carboxylic acids is 1. The van der Waals surface area contributed by atoms with Crippen LogP contribution >= 0.6 is 0 Å². The Labute approximate surface area is 87.7 Å². The van der Waals surface area contributed by atoms with Gasteiger partial charge in [0.15, 0.2) is 6.67 Å². The summed E-state index contributed by atoms with van der Waals surface area (Å²) < 4.78 is 12.0. The minimum Gasteiger partial charge on any atom is -0.339 e. The number of carbonyl (C=O) groups is 1. The maximum absolute atomic E-state index is 12.0. The number of alkyl halides is 1. The summed E-state index contributed by atoms with van der Waals surface area (Å²) in [4.78, 5) is 12.2. The highest BCUT2D eigenvalue weighted by Crippen LogP contribution is 2.06. The molecule has 1 aromatic rings. The SMILES string of the molecule is CN(Cc1cccc(C#N)c1)C(=O)CF. The molecule has 0 aromatic heterocycles.